The van der Waals surface area contributed by atoms with Crippen LogP contribution in [0.15, 0.2) is 121 Å². The summed E-state index contributed by atoms with van der Waals surface area (Å²) in [5.41, 5.74) is 4.32. The largest absolute Gasteiger partial charge is 0.448 e. The standard InChI is InChI=1S/C39H46N2O6/c1-40(2)39(42)44-24-23-41-25-36(45-27-32-17-9-4-10-18-32)38(47-29-34-21-13-6-14-22-34)37(46-28-33-19-11-5-12-20-33)35(41)30-43-26-31-15-7-3-8-16-31/h3-22,35-38H,23-30H2,1-2H3/t35-,36+,37-,38-/m1/s1. The highest BCUT2D eigenvalue weighted by molar-refractivity contribution is 5.66. The van der Waals surface area contributed by atoms with Gasteiger partial charge in [-0.1, -0.05) is 121 Å². The Morgan fingerprint density at radius 3 is 1.57 bits per heavy atom. The molecule has 4 aromatic rings. The highest BCUT2D eigenvalue weighted by atomic mass is 16.6. The summed E-state index contributed by atoms with van der Waals surface area (Å²) in [5.74, 6) is 0. The number of carbonyl (C=O) groups is 1. The molecule has 4 atom stereocenters. The van der Waals surface area contributed by atoms with E-state index in [0.717, 1.165) is 22.3 Å². The molecule has 0 aliphatic carbocycles. The maximum absolute atomic E-state index is 12.3. The first-order chi connectivity index (χ1) is 23.1. The van der Waals surface area contributed by atoms with Gasteiger partial charge in [0, 0.05) is 27.2 Å². The van der Waals surface area contributed by atoms with Crippen LogP contribution in [0.1, 0.15) is 22.3 Å². The molecular weight excluding hydrogens is 592 g/mol. The molecule has 1 aliphatic rings. The van der Waals surface area contributed by atoms with Crippen LogP contribution in [0, 0.1) is 0 Å². The molecule has 1 heterocycles. The van der Waals surface area contributed by atoms with Gasteiger partial charge in [0.15, 0.2) is 0 Å². The van der Waals surface area contributed by atoms with Crippen LogP contribution in [0.3, 0.4) is 0 Å². The van der Waals surface area contributed by atoms with E-state index in [-0.39, 0.29) is 24.8 Å². The zero-order chi connectivity index (χ0) is 32.7. The quantitative estimate of drug-likeness (QED) is 0.142. The lowest BCUT2D eigenvalue weighted by molar-refractivity contribution is -0.211. The Balaban J connectivity index is 1.43. The normalized spacial score (nSPS) is 19.7. The lowest BCUT2D eigenvalue weighted by atomic mass is 9.93. The molecule has 0 radical (unpaired) electrons. The maximum Gasteiger partial charge on any atom is 0.409 e. The van der Waals surface area contributed by atoms with Gasteiger partial charge in [-0.15, -0.1) is 0 Å². The van der Waals surface area contributed by atoms with Gasteiger partial charge in [-0.3, -0.25) is 4.90 Å². The molecule has 0 N–H and O–H groups in total. The summed E-state index contributed by atoms with van der Waals surface area (Å²) in [5, 5.41) is 0. The van der Waals surface area contributed by atoms with E-state index in [1.165, 1.54) is 4.90 Å². The molecular formula is C39H46N2O6. The molecule has 0 saturated carbocycles. The van der Waals surface area contributed by atoms with Crippen LogP contribution >= 0.6 is 0 Å². The lowest BCUT2D eigenvalue weighted by Gasteiger charge is -2.48. The van der Waals surface area contributed by atoms with Crippen molar-refractivity contribution in [2.75, 3.05) is 40.4 Å². The van der Waals surface area contributed by atoms with E-state index in [1.807, 2.05) is 72.8 Å². The zero-order valence-electron chi connectivity index (χ0n) is 27.4. The minimum atomic E-state index is -0.409. The fraction of sp³-hybridized carbons (Fsp3) is 0.359. The Kier molecular flexibility index (Phi) is 13.4. The predicted molar refractivity (Wildman–Crippen MR) is 182 cm³/mol. The Morgan fingerprint density at radius 2 is 1.09 bits per heavy atom. The molecule has 8 heteroatoms. The van der Waals surface area contributed by atoms with Crippen molar-refractivity contribution >= 4 is 6.09 Å². The fourth-order valence-electron chi connectivity index (χ4n) is 5.68. The summed E-state index contributed by atoms with van der Waals surface area (Å²) in [6.45, 7) is 3.37. The van der Waals surface area contributed by atoms with Gasteiger partial charge in [0.05, 0.1) is 45.2 Å². The number of ether oxygens (including phenoxy) is 5. The average molecular weight is 639 g/mol. The minimum Gasteiger partial charge on any atom is -0.448 e. The summed E-state index contributed by atoms with van der Waals surface area (Å²) in [6, 6.07) is 40.4. The smallest absolute Gasteiger partial charge is 0.409 e. The highest BCUT2D eigenvalue weighted by Crippen LogP contribution is 2.29. The van der Waals surface area contributed by atoms with Crippen molar-refractivity contribution in [3.8, 4) is 0 Å². The predicted octanol–water partition coefficient (Wildman–Crippen LogP) is 6.34. The van der Waals surface area contributed by atoms with E-state index >= 15 is 0 Å². The summed E-state index contributed by atoms with van der Waals surface area (Å²) in [6.07, 6.45) is -1.51. The van der Waals surface area contributed by atoms with Gasteiger partial charge < -0.3 is 28.6 Å². The van der Waals surface area contributed by atoms with Gasteiger partial charge in [-0.2, -0.15) is 0 Å². The number of hydrogen-bond acceptors (Lipinski definition) is 7. The second-order valence-electron chi connectivity index (χ2n) is 11.9. The molecule has 0 spiro atoms. The number of rotatable bonds is 16. The first-order valence-corrected chi connectivity index (χ1v) is 16.2. The van der Waals surface area contributed by atoms with Crippen molar-refractivity contribution < 1.29 is 28.5 Å². The maximum atomic E-state index is 12.3. The van der Waals surface area contributed by atoms with E-state index in [2.05, 4.69) is 53.4 Å². The van der Waals surface area contributed by atoms with E-state index < -0.39 is 12.2 Å². The molecule has 4 aromatic carbocycles. The monoisotopic (exact) mass is 638 g/mol. The van der Waals surface area contributed by atoms with Crippen LogP contribution in [0.5, 0.6) is 0 Å². The number of hydrogen-bond donors (Lipinski definition) is 0. The van der Waals surface area contributed by atoms with E-state index in [1.54, 1.807) is 14.1 Å². The van der Waals surface area contributed by atoms with Crippen LogP contribution in [-0.4, -0.2) is 80.6 Å². The fourth-order valence-corrected chi connectivity index (χ4v) is 5.68. The van der Waals surface area contributed by atoms with Gasteiger partial charge in [-0.05, 0) is 22.3 Å². The molecule has 1 fully saturated rings. The van der Waals surface area contributed by atoms with Gasteiger partial charge in [0.25, 0.3) is 0 Å². The molecule has 0 bridgehead atoms. The van der Waals surface area contributed by atoms with Crippen LogP contribution in [0.2, 0.25) is 0 Å². The van der Waals surface area contributed by atoms with Crippen LogP contribution in [-0.2, 0) is 50.1 Å². The Labute approximate surface area is 278 Å². The second kappa shape index (κ2) is 18.3. The van der Waals surface area contributed by atoms with Gasteiger partial charge in [0.2, 0.25) is 0 Å². The molecule has 0 aromatic heterocycles. The molecule has 47 heavy (non-hydrogen) atoms. The summed E-state index contributed by atoms with van der Waals surface area (Å²) in [7, 11) is 3.36. The first kappa shape index (κ1) is 34.3. The van der Waals surface area contributed by atoms with Crippen LogP contribution < -0.4 is 0 Å². The van der Waals surface area contributed by atoms with Gasteiger partial charge >= 0.3 is 6.09 Å². The first-order valence-electron chi connectivity index (χ1n) is 16.2. The summed E-state index contributed by atoms with van der Waals surface area (Å²) < 4.78 is 32.2. The molecule has 1 aliphatic heterocycles. The molecule has 1 amide bonds. The topological polar surface area (TPSA) is 69.7 Å². The van der Waals surface area contributed by atoms with E-state index in [4.69, 9.17) is 23.7 Å². The Morgan fingerprint density at radius 1 is 0.638 bits per heavy atom. The van der Waals surface area contributed by atoms with Gasteiger partial charge in [-0.25, -0.2) is 4.79 Å². The number of carbonyl (C=O) groups excluding carboxylic acids is 1. The van der Waals surface area contributed by atoms with Crippen molar-refractivity contribution in [3.05, 3.63) is 144 Å². The second-order valence-corrected chi connectivity index (χ2v) is 11.9. The zero-order valence-corrected chi connectivity index (χ0v) is 27.4. The van der Waals surface area contributed by atoms with Crippen LogP contribution in [0.25, 0.3) is 0 Å². The third-order valence-corrected chi connectivity index (χ3v) is 8.20. The third kappa shape index (κ3) is 10.7. The van der Waals surface area contributed by atoms with Crippen molar-refractivity contribution in [1.82, 2.24) is 9.80 Å². The molecule has 8 nitrogen and oxygen atoms in total. The number of amides is 1. The molecule has 248 valence electrons. The number of likely N-dealkylation sites (tertiary alicyclic amines) is 1. The van der Waals surface area contributed by atoms with Gasteiger partial charge in [0.1, 0.15) is 18.8 Å². The molecule has 1 saturated heterocycles. The molecule has 5 rings (SSSR count). The SMILES string of the molecule is CN(C)C(=O)OCCN1C[C@H](OCc2ccccc2)[C@@H](OCc2ccccc2)[C@H](OCc2ccccc2)[C@H]1COCc1ccccc1. The average Bonchev–Trinajstić information content (AvgIpc) is 3.11. The summed E-state index contributed by atoms with van der Waals surface area (Å²) >= 11 is 0. The number of benzene rings is 4. The third-order valence-electron chi connectivity index (χ3n) is 8.20. The van der Waals surface area contributed by atoms with E-state index in [9.17, 15) is 4.79 Å². The minimum absolute atomic E-state index is 0.196. The Bertz CT molecular complexity index is 1440. The van der Waals surface area contributed by atoms with E-state index in [0.29, 0.717) is 46.1 Å². The summed E-state index contributed by atoms with van der Waals surface area (Å²) in [4.78, 5) is 16.0. The Hall–Kier alpha value is -4.05. The lowest BCUT2D eigenvalue weighted by Crippen LogP contribution is -2.65. The van der Waals surface area contributed by atoms with Crippen molar-refractivity contribution in [1.29, 1.82) is 0 Å². The number of nitrogens with zero attached hydrogens (tertiary/aromatic N) is 2. The van der Waals surface area contributed by atoms with Crippen molar-refractivity contribution in [2.45, 2.75) is 50.8 Å². The van der Waals surface area contributed by atoms with Crippen molar-refractivity contribution in [3.63, 3.8) is 0 Å². The highest BCUT2D eigenvalue weighted by Gasteiger charge is 2.46. The number of piperidine rings is 1. The van der Waals surface area contributed by atoms with Crippen LogP contribution in [0.4, 0.5) is 4.79 Å². The van der Waals surface area contributed by atoms with Crippen molar-refractivity contribution in [2.24, 2.45) is 0 Å². The molecule has 0 unspecified atom stereocenters.